The van der Waals surface area contributed by atoms with Gasteiger partial charge in [0.15, 0.2) is 0 Å². The first kappa shape index (κ1) is 25.9. The van der Waals surface area contributed by atoms with Gasteiger partial charge < -0.3 is 9.47 Å². The van der Waals surface area contributed by atoms with Gasteiger partial charge in [-0.25, -0.2) is 9.59 Å². The highest BCUT2D eigenvalue weighted by Gasteiger charge is 2.30. The predicted molar refractivity (Wildman–Crippen MR) is 126 cm³/mol. The Morgan fingerprint density at radius 1 is 0.828 bits per heavy atom. The van der Waals surface area contributed by atoms with Crippen LogP contribution in [0, 0.1) is 3.57 Å². The van der Waals surface area contributed by atoms with Crippen molar-refractivity contribution in [3.63, 3.8) is 0 Å². The van der Waals surface area contributed by atoms with E-state index in [1.165, 1.54) is 0 Å². The van der Waals surface area contributed by atoms with E-state index in [-0.39, 0.29) is 5.56 Å². The number of esters is 2. The van der Waals surface area contributed by atoms with Crippen molar-refractivity contribution in [3.05, 3.63) is 32.9 Å². The van der Waals surface area contributed by atoms with Crippen molar-refractivity contribution in [3.8, 4) is 0 Å². The number of ether oxygens (including phenoxy) is 2. The van der Waals surface area contributed by atoms with E-state index in [1.54, 1.807) is 12.1 Å². The fourth-order valence-corrected chi connectivity index (χ4v) is 3.93. The first-order valence-electron chi connectivity index (χ1n) is 10.8. The van der Waals surface area contributed by atoms with Crippen LogP contribution < -0.4 is 0 Å². The third-order valence-electron chi connectivity index (χ3n) is 4.94. The molecule has 0 saturated heterocycles. The highest BCUT2D eigenvalue weighted by Crippen LogP contribution is 2.27. The van der Waals surface area contributed by atoms with Crippen LogP contribution in [-0.2, 0) is 9.47 Å². The number of hydrogen-bond donors (Lipinski definition) is 0. The molecule has 0 unspecified atom stereocenters. The van der Waals surface area contributed by atoms with Crippen molar-refractivity contribution in [1.29, 1.82) is 0 Å². The second kappa shape index (κ2) is 11.9. The van der Waals surface area contributed by atoms with Crippen molar-refractivity contribution >= 4 is 34.5 Å². The molecule has 1 aromatic rings. The van der Waals surface area contributed by atoms with Crippen LogP contribution in [0.25, 0.3) is 0 Å². The van der Waals surface area contributed by atoms with E-state index in [0.717, 1.165) is 51.4 Å². The molecule has 0 N–H and O–H groups in total. The molecule has 0 fully saturated rings. The lowest BCUT2D eigenvalue weighted by Gasteiger charge is -2.27. The summed E-state index contributed by atoms with van der Waals surface area (Å²) >= 11 is 2.08. The normalized spacial score (nSPS) is 12.0. The van der Waals surface area contributed by atoms with Gasteiger partial charge in [-0.1, -0.05) is 45.6 Å². The molecule has 1 rings (SSSR count). The van der Waals surface area contributed by atoms with Crippen LogP contribution in [0.5, 0.6) is 0 Å². The maximum atomic E-state index is 13.0. The quantitative estimate of drug-likeness (QED) is 0.166. The zero-order valence-corrected chi connectivity index (χ0v) is 21.1. The monoisotopic (exact) mass is 516 g/mol. The lowest BCUT2D eigenvalue weighted by molar-refractivity contribution is -0.0103. The zero-order valence-electron chi connectivity index (χ0n) is 18.9. The van der Waals surface area contributed by atoms with Crippen LogP contribution in [0.3, 0.4) is 0 Å². The third-order valence-corrected chi connectivity index (χ3v) is 5.84. The molecule has 0 radical (unpaired) electrons. The molecule has 5 heteroatoms. The largest absolute Gasteiger partial charge is 0.456 e. The number of benzene rings is 1. The number of unbranched alkanes of at least 4 members (excludes halogenated alkanes) is 4. The Kier molecular flexibility index (Phi) is 10.7. The lowest BCUT2D eigenvalue weighted by atomic mass is 9.99. The van der Waals surface area contributed by atoms with Crippen molar-refractivity contribution in [2.24, 2.45) is 0 Å². The number of carbonyl (C=O) groups excluding carboxylic acids is 2. The van der Waals surface area contributed by atoms with Gasteiger partial charge >= 0.3 is 11.9 Å². The van der Waals surface area contributed by atoms with E-state index >= 15 is 0 Å². The summed E-state index contributed by atoms with van der Waals surface area (Å²) in [6, 6.07) is 5.23. The number of halogens is 1. The van der Waals surface area contributed by atoms with Gasteiger partial charge in [0.2, 0.25) is 0 Å². The summed E-state index contributed by atoms with van der Waals surface area (Å²) in [4.78, 5) is 25.9. The van der Waals surface area contributed by atoms with Crippen molar-refractivity contribution in [2.45, 2.75) is 104 Å². The Morgan fingerprint density at radius 2 is 1.31 bits per heavy atom. The van der Waals surface area contributed by atoms with Gasteiger partial charge in [-0.2, -0.15) is 0 Å². The molecule has 0 aliphatic carbocycles. The Balaban J connectivity index is 2.98. The Morgan fingerprint density at radius 3 is 1.79 bits per heavy atom. The molecule has 0 aliphatic heterocycles. The molecular weight excluding hydrogens is 479 g/mol. The topological polar surface area (TPSA) is 52.6 Å². The molecule has 0 heterocycles. The molecule has 4 nitrogen and oxygen atoms in total. The fourth-order valence-electron chi connectivity index (χ4n) is 3.21. The van der Waals surface area contributed by atoms with Gasteiger partial charge in [0, 0.05) is 3.57 Å². The van der Waals surface area contributed by atoms with E-state index in [0.29, 0.717) is 9.13 Å². The maximum absolute atomic E-state index is 13.0. The Bertz CT molecular complexity index is 679. The van der Waals surface area contributed by atoms with Crippen LogP contribution in [-0.4, -0.2) is 23.1 Å². The summed E-state index contributed by atoms with van der Waals surface area (Å²) in [5.41, 5.74) is -0.583. The lowest BCUT2D eigenvalue weighted by Crippen LogP contribution is -2.31. The fraction of sp³-hybridized carbons (Fsp3) is 0.667. The van der Waals surface area contributed by atoms with Crippen LogP contribution in [0.4, 0.5) is 0 Å². The van der Waals surface area contributed by atoms with E-state index in [1.807, 2.05) is 33.8 Å². The highest BCUT2D eigenvalue weighted by atomic mass is 127. The van der Waals surface area contributed by atoms with E-state index in [4.69, 9.17) is 9.47 Å². The summed E-state index contributed by atoms with van der Waals surface area (Å²) in [5, 5.41) is 0. The molecule has 0 amide bonds. The second-order valence-corrected chi connectivity index (χ2v) is 10.0. The molecule has 29 heavy (non-hydrogen) atoms. The first-order chi connectivity index (χ1) is 13.5. The smallest absolute Gasteiger partial charge is 0.340 e. The van der Waals surface area contributed by atoms with Crippen molar-refractivity contribution in [1.82, 2.24) is 0 Å². The summed E-state index contributed by atoms with van der Waals surface area (Å²) < 4.78 is 12.3. The zero-order chi connectivity index (χ0) is 22.1. The third kappa shape index (κ3) is 9.06. The highest BCUT2D eigenvalue weighted by molar-refractivity contribution is 14.1. The second-order valence-electron chi connectivity index (χ2n) is 8.88. The molecule has 0 aliphatic rings. The Hall–Kier alpha value is -1.11. The van der Waals surface area contributed by atoms with Crippen molar-refractivity contribution < 1.29 is 19.1 Å². The molecule has 0 bridgehead atoms. The van der Waals surface area contributed by atoms with Gasteiger partial charge in [0.25, 0.3) is 0 Å². The molecule has 1 aromatic carbocycles. The van der Waals surface area contributed by atoms with Gasteiger partial charge in [-0.05, 0) is 88.1 Å². The van der Waals surface area contributed by atoms with Gasteiger partial charge in [0.05, 0.1) is 11.1 Å². The summed E-state index contributed by atoms with van der Waals surface area (Å²) in [7, 11) is 0. The minimum absolute atomic E-state index is 0.273. The average Bonchev–Trinajstić information content (AvgIpc) is 2.60. The maximum Gasteiger partial charge on any atom is 0.340 e. The van der Waals surface area contributed by atoms with Gasteiger partial charge in [0.1, 0.15) is 11.2 Å². The first-order valence-corrected chi connectivity index (χ1v) is 11.9. The summed E-state index contributed by atoms with van der Waals surface area (Å²) in [5.74, 6) is -0.937. The average molecular weight is 516 g/mol. The standard InChI is InChI=1S/C24H37IO4/c1-7-9-11-16-23(3,4)28-21(26)18-14-13-15-19(25)20(18)22(27)29-24(5,6)17-12-10-8-2/h13-15H,7-12,16-17H2,1-6H3. The van der Waals surface area contributed by atoms with Crippen LogP contribution in [0.1, 0.15) is 114 Å². The number of carbonyl (C=O) groups is 2. The van der Waals surface area contributed by atoms with Gasteiger partial charge in [-0.15, -0.1) is 0 Å². The molecule has 164 valence electrons. The van der Waals surface area contributed by atoms with E-state index in [9.17, 15) is 9.59 Å². The summed E-state index contributed by atoms with van der Waals surface area (Å²) in [6.07, 6.45) is 8.04. The summed E-state index contributed by atoms with van der Waals surface area (Å²) in [6.45, 7) is 12.0. The predicted octanol–water partition coefficient (Wildman–Crippen LogP) is 7.32. The molecular formula is C24H37IO4. The minimum Gasteiger partial charge on any atom is -0.456 e. The molecule has 0 aromatic heterocycles. The Labute approximate surface area is 190 Å². The van der Waals surface area contributed by atoms with Crippen molar-refractivity contribution in [2.75, 3.05) is 0 Å². The molecule has 0 saturated carbocycles. The number of hydrogen-bond acceptors (Lipinski definition) is 4. The number of rotatable bonds is 12. The minimum atomic E-state index is -0.578. The van der Waals surface area contributed by atoms with Crippen LogP contribution >= 0.6 is 22.6 Å². The van der Waals surface area contributed by atoms with Crippen LogP contribution in [0.15, 0.2) is 18.2 Å². The molecule has 0 spiro atoms. The SMILES string of the molecule is CCCCCC(C)(C)OC(=O)c1cccc(I)c1C(=O)OC(C)(C)CCCCC. The van der Waals surface area contributed by atoms with Crippen LogP contribution in [0.2, 0.25) is 0 Å². The van der Waals surface area contributed by atoms with E-state index < -0.39 is 23.1 Å². The molecule has 0 atom stereocenters. The van der Waals surface area contributed by atoms with Gasteiger partial charge in [-0.3, -0.25) is 0 Å². The van der Waals surface area contributed by atoms with E-state index in [2.05, 4.69) is 36.4 Å².